The summed E-state index contributed by atoms with van der Waals surface area (Å²) in [5.74, 6) is 0.802. The van der Waals surface area contributed by atoms with Gasteiger partial charge < -0.3 is 22.5 Å². The lowest BCUT2D eigenvalue weighted by atomic mass is 10.2. The summed E-state index contributed by atoms with van der Waals surface area (Å²) in [7, 11) is 1.63. The molecule has 92 valence electrons. The third kappa shape index (κ3) is 3.12. The number of para-hydroxylation sites is 1. The number of nitrogens with zero attached hydrogens (tertiary/aromatic N) is 2. The van der Waals surface area contributed by atoms with Crippen molar-refractivity contribution in [2.24, 2.45) is 0 Å². The highest BCUT2D eigenvalue weighted by Crippen LogP contribution is 2.28. The minimum atomic E-state index is 0. The lowest BCUT2D eigenvalue weighted by Crippen LogP contribution is -3.00. The lowest BCUT2D eigenvalue weighted by molar-refractivity contribution is -0.00000392. The van der Waals surface area contributed by atoms with E-state index >= 15 is 0 Å². The first-order valence-electron chi connectivity index (χ1n) is 5.18. The van der Waals surface area contributed by atoms with Crippen molar-refractivity contribution in [2.45, 2.75) is 0 Å². The largest absolute Gasteiger partial charge is 1.00 e. The van der Waals surface area contributed by atoms with Crippen LogP contribution in [-0.4, -0.2) is 7.11 Å². The van der Waals surface area contributed by atoms with Gasteiger partial charge >= 0.3 is 5.69 Å². The molecule has 0 aliphatic carbocycles. The van der Waals surface area contributed by atoms with Gasteiger partial charge in [0, 0.05) is 11.8 Å². The van der Waals surface area contributed by atoms with E-state index in [2.05, 4.69) is 10.3 Å². The van der Waals surface area contributed by atoms with E-state index in [0.29, 0.717) is 5.69 Å². The van der Waals surface area contributed by atoms with Gasteiger partial charge in [0.25, 0.3) is 0 Å². The smallest absolute Gasteiger partial charge is 0.408 e. The van der Waals surface area contributed by atoms with Crippen LogP contribution in [0, 0.1) is 5.39 Å². The second-order valence-electron chi connectivity index (χ2n) is 3.47. The molecule has 0 spiro atoms. The third-order valence-corrected chi connectivity index (χ3v) is 2.38. The average molecular weight is 262 g/mol. The molecule has 0 fully saturated rings. The Balaban J connectivity index is 0.00000162. The molecular formula is C13H12ClN3O. The molecule has 0 aliphatic heterocycles. The summed E-state index contributed by atoms with van der Waals surface area (Å²) in [4.78, 5) is 3.21. The van der Waals surface area contributed by atoms with Crippen LogP contribution in [0.4, 0.5) is 17.1 Å². The maximum atomic E-state index is 8.84. The van der Waals surface area contributed by atoms with Gasteiger partial charge in [-0.1, -0.05) is 12.1 Å². The summed E-state index contributed by atoms with van der Waals surface area (Å²) in [6.45, 7) is 0. The van der Waals surface area contributed by atoms with Gasteiger partial charge in [0.2, 0.25) is 5.39 Å². The molecule has 0 bridgehead atoms. The number of methoxy groups -OCH3 is 1. The molecule has 18 heavy (non-hydrogen) atoms. The highest BCUT2D eigenvalue weighted by molar-refractivity contribution is 5.74. The molecule has 0 unspecified atom stereocenters. The Morgan fingerprint density at radius 3 is 2.33 bits per heavy atom. The number of ether oxygens (including phenoxy) is 1. The predicted molar refractivity (Wildman–Crippen MR) is 67.5 cm³/mol. The minimum Gasteiger partial charge on any atom is -1.00 e. The number of nitrogens with one attached hydrogen (secondary N) is 1. The molecule has 2 aromatic carbocycles. The zero-order chi connectivity index (χ0) is 12.1. The zero-order valence-corrected chi connectivity index (χ0v) is 10.6. The topological polar surface area (TPSA) is 49.4 Å². The molecule has 0 saturated heterocycles. The fraction of sp³-hybridized carbons (Fsp3) is 0.0769. The quantitative estimate of drug-likeness (QED) is 0.837. The van der Waals surface area contributed by atoms with Crippen LogP contribution in [-0.2, 0) is 0 Å². The van der Waals surface area contributed by atoms with Gasteiger partial charge in [0.15, 0.2) is 4.98 Å². The predicted octanol–water partition coefficient (Wildman–Crippen LogP) is 0.927. The van der Waals surface area contributed by atoms with Crippen molar-refractivity contribution in [3.8, 4) is 5.75 Å². The van der Waals surface area contributed by atoms with Crippen LogP contribution in [0.15, 0.2) is 48.5 Å². The first kappa shape index (κ1) is 13.8. The van der Waals surface area contributed by atoms with Crippen molar-refractivity contribution in [1.29, 1.82) is 5.39 Å². The third-order valence-electron chi connectivity index (χ3n) is 2.38. The Bertz CT molecular complexity index is 549. The molecule has 0 radical (unpaired) electrons. The van der Waals surface area contributed by atoms with Crippen molar-refractivity contribution in [1.82, 2.24) is 0 Å². The van der Waals surface area contributed by atoms with Gasteiger partial charge in [0.1, 0.15) is 11.4 Å². The Morgan fingerprint density at radius 2 is 1.72 bits per heavy atom. The SMILES string of the molecule is COc1ccc(Nc2ccccc2[N+]#N)cc1.[Cl-]. The summed E-state index contributed by atoms with van der Waals surface area (Å²) in [5.41, 5.74) is 2.16. The van der Waals surface area contributed by atoms with Crippen LogP contribution < -0.4 is 22.5 Å². The van der Waals surface area contributed by atoms with Gasteiger partial charge in [-0.15, -0.1) is 0 Å². The summed E-state index contributed by atoms with van der Waals surface area (Å²) in [6, 6.07) is 14.8. The number of hydrogen-bond donors (Lipinski definition) is 1. The van der Waals surface area contributed by atoms with Crippen LogP contribution in [0.5, 0.6) is 5.75 Å². The lowest BCUT2D eigenvalue weighted by Gasteiger charge is -2.05. The van der Waals surface area contributed by atoms with Crippen molar-refractivity contribution in [3.63, 3.8) is 0 Å². The van der Waals surface area contributed by atoms with E-state index < -0.39 is 0 Å². The molecule has 0 saturated carbocycles. The Kier molecular flexibility index (Phi) is 4.97. The van der Waals surface area contributed by atoms with Gasteiger partial charge in [0.05, 0.1) is 7.11 Å². The highest BCUT2D eigenvalue weighted by Gasteiger charge is 2.11. The van der Waals surface area contributed by atoms with E-state index in [1.54, 1.807) is 13.2 Å². The molecule has 0 amide bonds. The Labute approximate surface area is 112 Å². The van der Waals surface area contributed by atoms with E-state index in [1.165, 1.54) is 0 Å². The Hall–Kier alpha value is -2.25. The van der Waals surface area contributed by atoms with Crippen LogP contribution in [0.3, 0.4) is 0 Å². The minimum absolute atomic E-state index is 0. The molecule has 0 aliphatic rings. The molecule has 0 heterocycles. The monoisotopic (exact) mass is 261 g/mol. The van der Waals surface area contributed by atoms with Crippen LogP contribution in [0.2, 0.25) is 0 Å². The molecule has 5 heteroatoms. The summed E-state index contributed by atoms with van der Waals surface area (Å²) in [5, 5.41) is 12.0. The second kappa shape index (κ2) is 6.48. The number of hydrogen-bond acceptors (Lipinski definition) is 3. The number of benzene rings is 2. The maximum absolute atomic E-state index is 8.84. The van der Waals surface area contributed by atoms with Crippen LogP contribution >= 0.6 is 0 Å². The highest BCUT2D eigenvalue weighted by atomic mass is 35.5. The second-order valence-corrected chi connectivity index (χ2v) is 3.47. The fourth-order valence-corrected chi connectivity index (χ4v) is 1.50. The first-order valence-corrected chi connectivity index (χ1v) is 5.18. The molecule has 4 nitrogen and oxygen atoms in total. The number of diazo groups is 1. The van der Waals surface area contributed by atoms with E-state index in [9.17, 15) is 0 Å². The van der Waals surface area contributed by atoms with Crippen molar-refractivity contribution in [3.05, 3.63) is 53.5 Å². The average Bonchev–Trinajstić information content (AvgIpc) is 2.40. The zero-order valence-electron chi connectivity index (χ0n) is 9.80. The van der Waals surface area contributed by atoms with Gasteiger partial charge in [-0.25, -0.2) is 0 Å². The summed E-state index contributed by atoms with van der Waals surface area (Å²) >= 11 is 0. The van der Waals surface area contributed by atoms with Crippen molar-refractivity contribution < 1.29 is 17.1 Å². The Morgan fingerprint density at radius 1 is 1.06 bits per heavy atom. The van der Waals surface area contributed by atoms with E-state index in [0.717, 1.165) is 17.1 Å². The van der Waals surface area contributed by atoms with Gasteiger partial charge in [-0.05, 0) is 30.3 Å². The molecule has 2 rings (SSSR count). The number of halogens is 1. The van der Waals surface area contributed by atoms with E-state index in [1.807, 2.05) is 42.5 Å². The maximum Gasteiger partial charge on any atom is 0.408 e. The van der Waals surface area contributed by atoms with Gasteiger partial charge in [-0.3, -0.25) is 0 Å². The molecule has 0 atom stereocenters. The fourth-order valence-electron chi connectivity index (χ4n) is 1.50. The number of rotatable bonds is 3. The van der Waals surface area contributed by atoms with Crippen molar-refractivity contribution >= 4 is 17.1 Å². The molecule has 2 aromatic rings. The van der Waals surface area contributed by atoms with Crippen LogP contribution in [0.1, 0.15) is 0 Å². The van der Waals surface area contributed by atoms with Gasteiger partial charge in [-0.2, -0.15) is 0 Å². The molecule has 1 N–H and O–H groups in total. The number of anilines is 2. The summed E-state index contributed by atoms with van der Waals surface area (Å²) in [6.07, 6.45) is 0. The molecule has 0 aromatic heterocycles. The first-order chi connectivity index (χ1) is 8.33. The molecular weight excluding hydrogens is 250 g/mol. The summed E-state index contributed by atoms with van der Waals surface area (Å²) < 4.78 is 5.08. The standard InChI is InChI=1S/C13H12N3O.ClH/c1-17-11-8-6-10(7-9-11)15-12-4-2-3-5-13(12)16-14;/h2-9,15H,1H3;1H/q+1;/p-1. The normalized spacial score (nSPS) is 8.89. The van der Waals surface area contributed by atoms with Crippen molar-refractivity contribution in [2.75, 3.05) is 12.4 Å². The van der Waals surface area contributed by atoms with E-state index in [-0.39, 0.29) is 12.4 Å². The van der Waals surface area contributed by atoms with E-state index in [4.69, 9.17) is 10.1 Å². The van der Waals surface area contributed by atoms with Crippen LogP contribution in [0.25, 0.3) is 4.98 Å².